The Morgan fingerprint density at radius 1 is 1.46 bits per heavy atom. The minimum Gasteiger partial charge on any atom is -0.393 e. The normalized spacial score (nSPS) is 26.6. The number of hydrogen-bond donors (Lipinski definition) is 2. The van der Waals surface area contributed by atoms with E-state index in [4.69, 9.17) is 5.11 Å². The summed E-state index contributed by atoms with van der Waals surface area (Å²) in [6.07, 6.45) is 3.07. The molecule has 1 heterocycles. The van der Waals surface area contributed by atoms with Gasteiger partial charge >= 0.3 is 0 Å². The average molecular weight is 179 g/mol. The molecule has 1 fully saturated rings. The molecule has 4 heteroatoms. The van der Waals surface area contributed by atoms with Crippen LogP contribution in [-0.2, 0) is 0 Å². The minimum atomic E-state index is -0.125. The lowest BCUT2D eigenvalue weighted by molar-refractivity contribution is 0.0835. The van der Waals surface area contributed by atoms with E-state index in [1.54, 1.807) is 6.33 Å². The van der Waals surface area contributed by atoms with Crippen LogP contribution in [-0.4, -0.2) is 27.2 Å². The Balaban J connectivity index is 1.94. The number of nitrogens with one attached hydrogen (secondary N) is 1. The molecule has 1 saturated carbocycles. The fourth-order valence-electron chi connectivity index (χ4n) is 1.45. The van der Waals surface area contributed by atoms with Gasteiger partial charge in [-0.15, -0.1) is 0 Å². The molecule has 0 bridgehead atoms. The van der Waals surface area contributed by atoms with Crippen molar-refractivity contribution < 1.29 is 5.11 Å². The Kier molecular flexibility index (Phi) is 2.14. The monoisotopic (exact) mass is 179 g/mol. The summed E-state index contributed by atoms with van der Waals surface area (Å²) >= 11 is 0. The summed E-state index contributed by atoms with van der Waals surface area (Å²) in [6, 6.07) is 2.29. The second kappa shape index (κ2) is 3.30. The van der Waals surface area contributed by atoms with E-state index in [-0.39, 0.29) is 6.10 Å². The molecule has 0 unspecified atom stereocenters. The molecule has 2 N–H and O–H groups in total. The minimum absolute atomic E-state index is 0.125. The summed E-state index contributed by atoms with van der Waals surface area (Å²) in [6.45, 7) is 1.93. The highest BCUT2D eigenvalue weighted by Crippen LogP contribution is 2.22. The number of nitrogens with zero attached hydrogens (tertiary/aromatic N) is 2. The molecule has 0 aliphatic heterocycles. The van der Waals surface area contributed by atoms with Crippen LogP contribution >= 0.6 is 0 Å². The van der Waals surface area contributed by atoms with Gasteiger partial charge in [0.2, 0.25) is 0 Å². The molecular formula is C9H13N3O. The molecule has 1 aliphatic rings. The molecule has 0 radical (unpaired) electrons. The SMILES string of the molecule is Cc1cc(N[C@H]2C[C@H](O)C2)ncn1. The van der Waals surface area contributed by atoms with Gasteiger partial charge < -0.3 is 10.4 Å². The number of rotatable bonds is 2. The van der Waals surface area contributed by atoms with E-state index in [9.17, 15) is 0 Å². The van der Waals surface area contributed by atoms with E-state index < -0.39 is 0 Å². The van der Waals surface area contributed by atoms with Crippen LogP contribution in [0.25, 0.3) is 0 Å². The van der Waals surface area contributed by atoms with Gasteiger partial charge in [-0.25, -0.2) is 9.97 Å². The van der Waals surface area contributed by atoms with Crippen molar-refractivity contribution in [2.24, 2.45) is 0 Å². The van der Waals surface area contributed by atoms with Crippen molar-refractivity contribution in [3.63, 3.8) is 0 Å². The van der Waals surface area contributed by atoms with Gasteiger partial charge in [-0.2, -0.15) is 0 Å². The summed E-state index contributed by atoms with van der Waals surface area (Å²) in [4.78, 5) is 8.09. The highest BCUT2D eigenvalue weighted by Gasteiger charge is 2.26. The highest BCUT2D eigenvalue weighted by molar-refractivity contribution is 5.36. The zero-order valence-corrected chi connectivity index (χ0v) is 7.57. The summed E-state index contributed by atoms with van der Waals surface area (Å²) in [5.41, 5.74) is 0.956. The number of aryl methyl sites for hydroxylation is 1. The quantitative estimate of drug-likeness (QED) is 0.702. The van der Waals surface area contributed by atoms with E-state index in [0.29, 0.717) is 6.04 Å². The van der Waals surface area contributed by atoms with Crippen molar-refractivity contribution in [2.75, 3.05) is 5.32 Å². The lowest BCUT2D eigenvalue weighted by atomic mass is 9.89. The Bertz CT molecular complexity index is 297. The highest BCUT2D eigenvalue weighted by atomic mass is 16.3. The summed E-state index contributed by atoms with van der Waals surface area (Å²) in [5.74, 6) is 0.851. The third kappa shape index (κ3) is 1.95. The first kappa shape index (κ1) is 8.44. The fraction of sp³-hybridized carbons (Fsp3) is 0.556. The van der Waals surface area contributed by atoms with Crippen molar-refractivity contribution in [1.82, 2.24) is 9.97 Å². The molecule has 70 valence electrons. The molecule has 1 aromatic rings. The lowest BCUT2D eigenvalue weighted by Crippen LogP contribution is -2.39. The average Bonchev–Trinajstić information content (AvgIpc) is 2.01. The molecule has 0 amide bonds. The Morgan fingerprint density at radius 3 is 2.85 bits per heavy atom. The molecule has 0 spiro atoms. The zero-order chi connectivity index (χ0) is 9.26. The third-order valence-corrected chi connectivity index (χ3v) is 2.27. The fourth-order valence-corrected chi connectivity index (χ4v) is 1.45. The van der Waals surface area contributed by atoms with E-state index in [2.05, 4.69) is 15.3 Å². The van der Waals surface area contributed by atoms with Crippen molar-refractivity contribution in [3.8, 4) is 0 Å². The van der Waals surface area contributed by atoms with Gasteiger partial charge in [0.05, 0.1) is 6.10 Å². The molecule has 1 aliphatic carbocycles. The van der Waals surface area contributed by atoms with E-state index in [0.717, 1.165) is 24.4 Å². The van der Waals surface area contributed by atoms with Crippen LogP contribution in [0.15, 0.2) is 12.4 Å². The third-order valence-electron chi connectivity index (χ3n) is 2.27. The standard InChI is InChI=1S/C9H13N3O/c1-6-2-9(11-5-10-6)12-7-3-8(13)4-7/h2,5,7-8,13H,3-4H2,1H3,(H,10,11,12)/t7-,8-. The zero-order valence-electron chi connectivity index (χ0n) is 7.57. The topological polar surface area (TPSA) is 58.0 Å². The van der Waals surface area contributed by atoms with Gasteiger partial charge in [-0.3, -0.25) is 0 Å². The second-order valence-electron chi connectivity index (χ2n) is 3.51. The smallest absolute Gasteiger partial charge is 0.129 e. The molecule has 2 rings (SSSR count). The molecule has 0 aromatic carbocycles. The Labute approximate surface area is 77.0 Å². The Hall–Kier alpha value is -1.16. The van der Waals surface area contributed by atoms with Crippen molar-refractivity contribution in [2.45, 2.75) is 31.9 Å². The molecule has 13 heavy (non-hydrogen) atoms. The molecule has 0 saturated heterocycles. The predicted octanol–water partition coefficient (Wildman–Crippen LogP) is 0.720. The van der Waals surface area contributed by atoms with Gasteiger partial charge in [-0.05, 0) is 19.8 Å². The maximum atomic E-state index is 9.08. The summed E-state index contributed by atoms with van der Waals surface area (Å²) in [5, 5.41) is 12.3. The number of aromatic nitrogens is 2. The van der Waals surface area contributed by atoms with Crippen molar-refractivity contribution in [3.05, 3.63) is 18.1 Å². The van der Waals surface area contributed by atoms with Gasteiger partial charge in [0.1, 0.15) is 12.1 Å². The number of anilines is 1. The number of hydrogen-bond acceptors (Lipinski definition) is 4. The second-order valence-corrected chi connectivity index (χ2v) is 3.51. The first-order chi connectivity index (χ1) is 6.24. The largest absolute Gasteiger partial charge is 0.393 e. The van der Waals surface area contributed by atoms with E-state index in [1.807, 2.05) is 13.0 Å². The van der Waals surface area contributed by atoms with Gasteiger partial charge in [-0.1, -0.05) is 0 Å². The van der Waals surface area contributed by atoms with Gasteiger partial charge in [0.25, 0.3) is 0 Å². The van der Waals surface area contributed by atoms with Crippen molar-refractivity contribution in [1.29, 1.82) is 0 Å². The number of aliphatic hydroxyl groups excluding tert-OH is 1. The van der Waals surface area contributed by atoms with Crippen LogP contribution in [0.2, 0.25) is 0 Å². The molecule has 1 aromatic heterocycles. The first-order valence-corrected chi connectivity index (χ1v) is 4.47. The van der Waals surface area contributed by atoms with E-state index >= 15 is 0 Å². The molecule has 4 nitrogen and oxygen atoms in total. The van der Waals surface area contributed by atoms with Crippen LogP contribution in [0.4, 0.5) is 5.82 Å². The summed E-state index contributed by atoms with van der Waals surface area (Å²) in [7, 11) is 0. The maximum absolute atomic E-state index is 9.08. The molecular weight excluding hydrogens is 166 g/mol. The first-order valence-electron chi connectivity index (χ1n) is 4.47. The molecule has 0 atom stereocenters. The van der Waals surface area contributed by atoms with Crippen LogP contribution < -0.4 is 5.32 Å². The maximum Gasteiger partial charge on any atom is 0.129 e. The van der Waals surface area contributed by atoms with E-state index in [1.165, 1.54) is 0 Å². The van der Waals surface area contributed by atoms with Crippen LogP contribution in [0.5, 0.6) is 0 Å². The van der Waals surface area contributed by atoms with Crippen molar-refractivity contribution >= 4 is 5.82 Å². The lowest BCUT2D eigenvalue weighted by Gasteiger charge is -2.32. The van der Waals surface area contributed by atoms with Crippen LogP contribution in [0.3, 0.4) is 0 Å². The van der Waals surface area contributed by atoms with Gasteiger partial charge in [0, 0.05) is 17.8 Å². The predicted molar refractivity (Wildman–Crippen MR) is 49.4 cm³/mol. The van der Waals surface area contributed by atoms with Crippen LogP contribution in [0.1, 0.15) is 18.5 Å². The van der Waals surface area contributed by atoms with Crippen LogP contribution in [0, 0.1) is 6.92 Å². The van der Waals surface area contributed by atoms with Gasteiger partial charge in [0.15, 0.2) is 0 Å². The summed E-state index contributed by atoms with van der Waals surface area (Å²) < 4.78 is 0. The number of aliphatic hydroxyl groups is 1. The Morgan fingerprint density at radius 2 is 2.23 bits per heavy atom.